The summed E-state index contributed by atoms with van der Waals surface area (Å²) in [6, 6.07) is 7.36. The molecule has 0 aliphatic rings. The summed E-state index contributed by atoms with van der Waals surface area (Å²) in [7, 11) is 0. The highest BCUT2D eigenvalue weighted by Gasteiger charge is 2.12. The van der Waals surface area contributed by atoms with Gasteiger partial charge >= 0.3 is 0 Å². The normalized spacial score (nSPS) is 10.4. The van der Waals surface area contributed by atoms with Crippen LogP contribution in [0.15, 0.2) is 41.2 Å². The molecule has 0 saturated heterocycles. The quantitative estimate of drug-likeness (QED) is 0.787. The summed E-state index contributed by atoms with van der Waals surface area (Å²) in [6.07, 6.45) is 1.64. The first-order valence-corrected chi connectivity index (χ1v) is 7.78. The van der Waals surface area contributed by atoms with Crippen molar-refractivity contribution in [2.24, 2.45) is 0 Å². The second-order valence-electron chi connectivity index (χ2n) is 3.84. The van der Waals surface area contributed by atoms with Gasteiger partial charge in [-0.25, -0.2) is 9.97 Å². The molecule has 1 amide bonds. The van der Waals surface area contributed by atoms with Crippen LogP contribution in [0, 0.1) is 0 Å². The molecule has 1 N–H and O–H groups in total. The molecule has 4 nitrogen and oxygen atoms in total. The third-order valence-corrected chi connectivity index (χ3v) is 4.31. The summed E-state index contributed by atoms with van der Waals surface area (Å²) in [5, 5.41) is 8.26. The van der Waals surface area contributed by atoms with Crippen LogP contribution < -0.4 is 5.32 Å². The van der Waals surface area contributed by atoms with Gasteiger partial charge in [-0.15, -0.1) is 22.7 Å². The molecule has 0 saturated carbocycles. The minimum atomic E-state index is -0.253. The van der Waals surface area contributed by atoms with Crippen LogP contribution in [0.1, 0.15) is 10.5 Å². The molecular weight excluding hydrogens is 314 g/mol. The maximum atomic E-state index is 12.0. The van der Waals surface area contributed by atoms with Crippen molar-refractivity contribution < 1.29 is 4.79 Å². The van der Waals surface area contributed by atoms with E-state index in [2.05, 4.69) is 15.3 Å². The Morgan fingerprint density at radius 1 is 1.20 bits per heavy atom. The van der Waals surface area contributed by atoms with Gasteiger partial charge in [-0.3, -0.25) is 10.1 Å². The fourth-order valence-corrected chi connectivity index (χ4v) is 3.01. The van der Waals surface area contributed by atoms with Crippen LogP contribution in [0.2, 0.25) is 5.02 Å². The number of hydrogen-bond donors (Lipinski definition) is 1. The highest BCUT2D eigenvalue weighted by atomic mass is 35.5. The molecule has 2 heterocycles. The topological polar surface area (TPSA) is 54.9 Å². The number of nitrogens with one attached hydrogen (secondary N) is 1. The van der Waals surface area contributed by atoms with Gasteiger partial charge in [0, 0.05) is 27.5 Å². The minimum Gasteiger partial charge on any atom is -0.296 e. The number of halogens is 1. The number of hydrogen-bond acceptors (Lipinski definition) is 5. The molecule has 0 radical (unpaired) electrons. The number of benzene rings is 1. The fraction of sp³-hybridized carbons (Fsp3) is 0. The number of thiazole rings is 2. The van der Waals surface area contributed by atoms with E-state index in [1.807, 2.05) is 12.1 Å². The number of nitrogens with zero attached hydrogens (tertiary/aromatic N) is 2. The average molecular weight is 322 g/mol. The van der Waals surface area contributed by atoms with Crippen molar-refractivity contribution in [2.75, 3.05) is 5.32 Å². The number of aromatic nitrogens is 2. The molecule has 0 aliphatic heterocycles. The third kappa shape index (κ3) is 2.87. The molecule has 100 valence electrons. The summed E-state index contributed by atoms with van der Waals surface area (Å²) in [6.45, 7) is 0. The maximum absolute atomic E-state index is 12.0. The molecule has 0 unspecified atom stereocenters. The van der Waals surface area contributed by atoms with Crippen molar-refractivity contribution in [3.63, 3.8) is 0 Å². The van der Waals surface area contributed by atoms with Crippen LogP contribution in [0.3, 0.4) is 0 Å². The molecule has 1 aromatic carbocycles. The molecule has 20 heavy (non-hydrogen) atoms. The second kappa shape index (κ2) is 5.70. The van der Waals surface area contributed by atoms with E-state index in [1.165, 1.54) is 22.7 Å². The fourth-order valence-electron chi connectivity index (χ4n) is 1.55. The number of anilines is 1. The summed E-state index contributed by atoms with van der Waals surface area (Å²) in [5.41, 5.74) is 1.32. The van der Waals surface area contributed by atoms with Gasteiger partial charge in [0.1, 0.15) is 10.7 Å². The standard InChI is InChI=1S/C13H8ClN3OS2/c14-9-3-1-8(2-4-9)12-16-10(7-20-12)11(18)17-13-15-5-6-19-13/h1-7H,(H,15,17,18). The van der Waals surface area contributed by atoms with Gasteiger partial charge in [-0.05, 0) is 12.1 Å². The van der Waals surface area contributed by atoms with Crippen molar-refractivity contribution in [3.05, 3.63) is 51.9 Å². The Labute approximate surface area is 128 Å². The maximum Gasteiger partial charge on any atom is 0.276 e. The van der Waals surface area contributed by atoms with Gasteiger partial charge in [-0.1, -0.05) is 23.7 Å². The SMILES string of the molecule is O=C(Nc1nccs1)c1csc(-c2ccc(Cl)cc2)n1. The van der Waals surface area contributed by atoms with E-state index >= 15 is 0 Å². The van der Waals surface area contributed by atoms with E-state index in [-0.39, 0.29) is 5.91 Å². The first-order valence-electron chi connectivity index (χ1n) is 5.65. The lowest BCUT2D eigenvalue weighted by atomic mass is 10.2. The molecule has 0 spiro atoms. The first kappa shape index (κ1) is 13.2. The highest BCUT2D eigenvalue weighted by Crippen LogP contribution is 2.25. The minimum absolute atomic E-state index is 0.253. The van der Waals surface area contributed by atoms with Gasteiger partial charge in [0.2, 0.25) is 0 Å². The van der Waals surface area contributed by atoms with E-state index in [1.54, 1.807) is 29.1 Å². The first-order chi connectivity index (χ1) is 9.72. The Morgan fingerprint density at radius 3 is 2.70 bits per heavy atom. The van der Waals surface area contributed by atoms with E-state index in [0.29, 0.717) is 15.8 Å². The summed E-state index contributed by atoms with van der Waals surface area (Å²) < 4.78 is 0. The van der Waals surface area contributed by atoms with Gasteiger partial charge in [0.15, 0.2) is 5.13 Å². The zero-order valence-electron chi connectivity index (χ0n) is 10.0. The van der Waals surface area contributed by atoms with Crippen molar-refractivity contribution in [1.29, 1.82) is 0 Å². The average Bonchev–Trinajstić information content (AvgIpc) is 3.10. The lowest BCUT2D eigenvalue weighted by Gasteiger charge is -1.98. The predicted octanol–water partition coefficient (Wildman–Crippen LogP) is 4.17. The molecule has 2 aromatic heterocycles. The summed E-state index contributed by atoms with van der Waals surface area (Å²) >= 11 is 8.63. The molecule has 0 atom stereocenters. The number of carbonyl (C=O) groups excluding carboxylic acids is 1. The molecular formula is C13H8ClN3OS2. The Bertz CT molecular complexity index is 722. The molecule has 3 rings (SSSR count). The van der Waals surface area contributed by atoms with Gasteiger partial charge in [0.25, 0.3) is 5.91 Å². The Balaban J connectivity index is 1.79. The molecule has 0 fully saturated rings. The van der Waals surface area contributed by atoms with Gasteiger partial charge in [0.05, 0.1) is 0 Å². The van der Waals surface area contributed by atoms with Crippen LogP contribution in [0.4, 0.5) is 5.13 Å². The molecule has 7 heteroatoms. The van der Waals surface area contributed by atoms with Crippen LogP contribution in [-0.2, 0) is 0 Å². The van der Waals surface area contributed by atoms with E-state index in [4.69, 9.17) is 11.6 Å². The van der Waals surface area contributed by atoms with E-state index in [9.17, 15) is 4.79 Å². The van der Waals surface area contributed by atoms with Crippen LogP contribution in [0.5, 0.6) is 0 Å². The lowest BCUT2D eigenvalue weighted by Crippen LogP contribution is -2.11. The summed E-state index contributed by atoms with van der Waals surface area (Å²) in [4.78, 5) is 20.3. The van der Waals surface area contributed by atoms with Crippen LogP contribution in [-0.4, -0.2) is 15.9 Å². The van der Waals surface area contributed by atoms with Gasteiger partial charge in [-0.2, -0.15) is 0 Å². The molecule has 0 aliphatic carbocycles. The predicted molar refractivity (Wildman–Crippen MR) is 82.6 cm³/mol. The second-order valence-corrected chi connectivity index (χ2v) is 6.03. The van der Waals surface area contributed by atoms with E-state index in [0.717, 1.165) is 10.6 Å². The largest absolute Gasteiger partial charge is 0.296 e. The zero-order chi connectivity index (χ0) is 13.9. The summed E-state index contributed by atoms with van der Waals surface area (Å²) in [5.74, 6) is -0.253. The molecule has 3 aromatic rings. The number of rotatable bonds is 3. The smallest absolute Gasteiger partial charge is 0.276 e. The van der Waals surface area contributed by atoms with Crippen molar-refractivity contribution in [2.45, 2.75) is 0 Å². The number of carbonyl (C=O) groups is 1. The lowest BCUT2D eigenvalue weighted by molar-refractivity contribution is 0.102. The zero-order valence-corrected chi connectivity index (χ0v) is 12.4. The van der Waals surface area contributed by atoms with Gasteiger partial charge < -0.3 is 0 Å². The van der Waals surface area contributed by atoms with Crippen molar-refractivity contribution >= 4 is 45.3 Å². The Kier molecular flexibility index (Phi) is 3.77. The Morgan fingerprint density at radius 2 is 2.00 bits per heavy atom. The molecule has 0 bridgehead atoms. The van der Waals surface area contributed by atoms with Crippen molar-refractivity contribution in [3.8, 4) is 10.6 Å². The monoisotopic (exact) mass is 321 g/mol. The number of amides is 1. The van der Waals surface area contributed by atoms with Crippen LogP contribution >= 0.6 is 34.3 Å². The van der Waals surface area contributed by atoms with Crippen molar-refractivity contribution in [1.82, 2.24) is 9.97 Å². The Hall–Kier alpha value is -1.76. The van der Waals surface area contributed by atoms with Crippen LogP contribution in [0.25, 0.3) is 10.6 Å². The highest BCUT2D eigenvalue weighted by molar-refractivity contribution is 7.14. The van der Waals surface area contributed by atoms with E-state index < -0.39 is 0 Å². The third-order valence-electron chi connectivity index (χ3n) is 2.48.